The second kappa shape index (κ2) is 6.34. The lowest BCUT2D eigenvalue weighted by Gasteiger charge is -2.38. The van der Waals surface area contributed by atoms with Crippen LogP contribution < -0.4 is 0 Å². The highest BCUT2D eigenvalue weighted by atomic mass is 16.5. The summed E-state index contributed by atoms with van der Waals surface area (Å²) in [6, 6.07) is 0. The lowest BCUT2D eigenvalue weighted by atomic mass is 10.3. The van der Waals surface area contributed by atoms with Gasteiger partial charge in [-0.15, -0.1) is 0 Å². The summed E-state index contributed by atoms with van der Waals surface area (Å²) in [5, 5.41) is 0. The Balaban J connectivity index is 1.65. The number of ether oxygens (including phenoxy) is 1. The van der Waals surface area contributed by atoms with Crippen molar-refractivity contribution in [1.29, 1.82) is 0 Å². The average molecular weight is 294 g/mol. The molecule has 0 atom stereocenters. The Morgan fingerprint density at radius 2 is 1.48 bits per heavy atom. The lowest BCUT2D eigenvalue weighted by Crippen LogP contribution is -2.52. The molecule has 3 aliphatic rings. The van der Waals surface area contributed by atoms with E-state index in [0.29, 0.717) is 12.9 Å². The molecule has 118 valence electrons. The van der Waals surface area contributed by atoms with E-state index in [1.807, 2.05) is 13.8 Å². The van der Waals surface area contributed by atoms with Crippen LogP contribution >= 0.6 is 0 Å². The fourth-order valence-electron chi connectivity index (χ4n) is 3.64. The van der Waals surface area contributed by atoms with Crippen LogP contribution in [0.3, 0.4) is 0 Å². The number of carbonyl (C=O) groups excluding carboxylic acids is 1. The second-order valence-corrected chi connectivity index (χ2v) is 5.98. The molecule has 0 N–H and O–H groups in total. The van der Waals surface area contributed by atoms with Crippen molar-refractivity contribution in [2.75, 3.05) is 59.0 Å². The van der Waals surface area contributed by atoms with Crippen molar-refractivity contribution in [2.24, 2.45) is 0 Å². The first-order chi connectivity index (χ1) is 10.2. The van der Waals surface area contributed by atoms with Gasteiger partial charge in [0.1, 0.15) is 6.29 Å². The minimum Gasteiger partial charge on any atom is -0.463 e. The highest BCUT2D eigenvalue weighted by Crippen LogP contribution is 2.25. The van der Waals surface area contributed by atoms with E-state index in [-0.39, 0.29) is 5.97 Å². The number of rotatable bonds is 3. The van der Waals surface area contributed by atoms with Gasteiger partial charge in [-0.25, -0.2) is 4.79 Å². The molecule has 3 aliphatic heterocycles. The zero-order chi connectivity index (χ0) is 14.8. The molecule has 0 unspecified atom stereocenters. The number of hydrogen-bond donors (Lipinski definition) is 0. The van der Waals surface area contributed by atoms with E-state index in [1.165, 1.54) is 13.1 Å². The molecule has 6 heteroatoms. The van der Waals surface area contributed by atoms with Crippen molar-refractivity contribution in [3.63, 3.8) is 0 Å². The van der Waals surface area contributed by atoms with E-state index < -0.39 is 0 Å². The third kappa shape index (κ3) is 3.07. The molecule has 0 bridgehead atoms. The van der Waals surface area contributed by atoms with Gasteiger partial charge in [0.15, 0.2) is 0 Å². The number of nitrogens with zero attached hydrogens (tertiary/aromatic N) is 4. The maximum Gasteiger partial charge on any atom is 0.332 e. The minimum atomic E-state index is -0.233. The molecule has 3 heterocycles. The Kier molecular flexibility index (Phi) is 4.47. The molecule has 21 heavy (non-hydrogen) atoms. The van der Waals surface area contributed by atoms with Crippen LogP contribution in [0, 0.1) is 0 Å². The maximum atomic E-state index is 11.6. The van der Waals surface area contributed by atoms with Crippen LogP contribution in [0.15, 0.2) is 11.8 Å². The normalized spacial score (nSPS) is 25.8. The van der Waals surface area contributed by atoms with Crippen molar-refractivity contribution < 1.29 is 9.53 Å². The molecule has 0 amide bonds. The van der Waals surface area contributed by atoms with Crippen LogP contribution in [0.1, 0.15) is 13.8 Å². The van der Waals surface area contributed by atoms with Crippen LogP contribution in [0.2, 0.25) is 0 Å². The first kappa shape index (κ1) is 14.8. The van der Waals surface area contributed by atoms with Crippen LogP contribution in [-0.4, -0.2) is 90.8 Å². The van der Waals surface area contributed by atoms with Gasteiger partial charge in [0, 0.05) is 64.1 Å². The third-order valence-corrected chi connectivity index (χ3v) is 4.76. The third-order valence-electron chi connectivity index (χ3n) is 4.76. The first-order valence-electron chi connectivity index (χ1n) is 8.01. The molecule has 0 radical (unpaired) electrons. The molecule has 3 rings (SSSR count). The number of hydrogen-bond acceptors (Lipinski definition) is 6. The summed E-state index contributed by atoms with van der Waals surface area (Å²) in [6.07, 6.45) is 2.16. The van der Waals surface area contributed by atoms with Gasteiger partial charge in [0.05, 0.1) is 6.61 Å². The highest BCUT2D eigenvalue weighted by Gasteiger charge is 2.41. The van der Waals surface area contributed by atoms with E-state index in [1.54, 1.807) is 6.08 Å². The van der Waals surface area contributed by atoms with Gasteiger partial charge < -0.3 is 9.64 Å². The van der Waals surface area contributed by atoms with Crippen molar-refractivity contribution in [2.45, 2.75) is 20.1 Å². The molecule has 0 aromatic rings. The van der Waals surface area contributed by atoms with E-state index in [4.69, 9.17) is 4.74 Å². The summed E-state index contributed by atoms with van der Waals surface area (Å²) in [6.45, 7) is 13.1. The summed E-state index contributed by atoms with van der Waals surface area (Å²) < 4.78 is 5.01. The maximum absolute atomic E-state index is 11.6. The molecule has 0 aliphatic carbocycles. The Morgan fingerprint density at radius 1 is 1.00 bits per heavy atom. The molecule has 3 fully saturated rings. The molecular formula is C15H26N4O2. The standard InChI is InChI=1S/C15H26N4O2/c1-3-21-14(20)12-13(2)16-4-6-17-8-10-19-11-9-18(7-5-16)15(17)19/h12,15H,3-11H2,1-2H3/b13-12-. The van der Waals surface area contributed by atoms with Crippen molar-refractivity contribution in [1.82, 2.24) is 19.6 Å². The second-order valence-electron chi connectivity index (χ2n) is 5.98. The van der Waals surface area contributed by atoms with Crippen LogP contribution in [0.25, 0.3) is 0 Å². The SMILES string of the molecule is CCOC(=O)/C=C(/C)N1CCN2CCN3CCN(CC1)C23. The predicted octanol–water partition coefficient (Wildman–Crippen LogP) is -0.0143. The topological polar surface area (TPSA) is 39.3 Å². The van der Waals surface area contributed by atoms with Crippen molar-refractivity contribution >= 4 is 5.97 Å². The summed E-state index contributed by atoms with van der Waals surface area (Å²) in [5.74, 6) is -0.233. The van der Waals surface area contributed by atoms with E-state index in [0.717, 1.165) is 45.0 Å². The number of carbonyl (C=O) groups is 1. The molecule has 0 aromatic carbocycles. The number of esters is 1. The Hall–Kier alpha value is -1.11. The Labute approximate surface area is 126 Å². The Bertz CT molecular complexity index is 406. The van der Waals surface area contributed by atoms with Gasteiger partial charge in [0.25, 0.3) is 0 Å². The average Bonchev–Trinajstić information content (AvgIpc) is 2.97. The smallest absolute Gasteiger partial charge is 0.332 e. The molecule has 3 saturated heterocycles. The molecule has 0 saturated carbocycles. The molecule has 0 spiro atoms. The van der Waals surface area contributed by atoms with Gasteiger partial charge in [-0.3, -0.25) is 14.7 Å². The Morgan fingerprint density at radius 3 is 1.95 bits per heavy atom. The van der Waals surface area contributed by atoms with Crippen molar-refractivity contribution in [3.05, 3.63) is 11.8 Å². The zero-order valence-electron chi connectivity index (χ0n) is 13.1. The zero-order valence-corrected chi connectivity index (χ0v) is 13.1. The summed E-state index contributed by atoms with van der Waals surface area (Å²) in [4.78, 5) is 21.6. The van der Waals surface area contributed by atoms with E-state index >= 15 is 0 Å². The summed E-state index contributed by atoms with van der Waals surface area (Å²) in [5.41, 5.74) is 1.02. The van der Waals surface area contributed by atoms with E-state index in [9.17, 15) is 4.79 Å². The van der Waals surface area contributed by atoms with Crippen LogP contribution in [0.4, 0.5) is 0 Å². The molecule has 6 nitrogen and oxygen atoms in total. The fraction of sp³-hybridized carbons (Fsp3) is 0.800. The fourth-order valence-corrected chi connectivity index (χ4v) is 3.64. The largest absolute Gasteiger partial charge is 0.463 e. The van der Waals surface area contributed by atoms with E-state index in [2.05, 4.69) is 19.6 Å². The lowest BCUT2D eigenvalue weighted by molar-refractivity contribution is -0.137. The quantitative estimate of drug-likeness (QED) is 0.538. The highest BCUT2D eigenvalue weighted by molar-refractivity contribution is 5.82. The molecular weight excluding hydrogens is 268 g/mol. The summed E-state index contributed by atoms with van der Waals surface area (Å²) in [7, 11) is 0. The van der Waals surface area contributed by atoms with Gasteiger partial charge in [-0.05, 0) is 13.8 Å². The summed E-state index contributed by atoms with van der Waals surface area (Å²) >= 11 is 0. The van der Waals surface area contributed by atoms with Gasteiger partial charge >= 0.3 is 5.97 Å². The predicted molar refractivity (Wildman–Crippen MR) is 80.5 cm³/mol. The van der Waals surface area contributed by atoms with Gasteiger partial charge in [-0.1, -0.05) is 0 Å². The van der Waals surface area contributed by atoms with Crippen LogP contribution in [-0.2, 0) is 9.53 Å². The first-order valence-corrected chi connectivity index (χ1v) is 8.01. The number of allylic oxidation sites excluding steroid dienone is 1. The molecule has 0 aromatic heterocycles. The van der Waals surface area contributed by atoms with Crippen LogP contribution in [0.5, 0.6) is 0 Å². The monoisotopic (exact) mass is 294 g/mol. The van der Waals surface area contributed by atoms with Gasteiger partial charge in [-0.2, -0.15) is 0 Å². The van der Waals surface area contributed by atoms with Crippen molar-refractivity contribution in [3.8, 4) is 0 Å². The minimum absolute atomic E-state index is 0.233. The van der Waals surface area contributed by atoms with Gasteiger partial charge in [0.2, 0.25) is 0 Å².